The second kappa shape index (κ2) is 18.2. The molecule has 1 aliphatic carbocycles. The van der Waals surface area contributed by atoms with Gasteiger partial charge in [-0.2, -0.15) is 10.5 Å². The topological polar surface area (TPSA) is 85.3 Å². The van der Waals surface area contributed by atoms with Crippen molar-refractivity contribution >= 4 is 121 Å². The first-order valence-corrected chi connectivity index (χ1v) is 29.9. The summed E-state index contributed by atoms with van der Waals surface area (Å²) >= 11 is 0. The van der Waals surface area contributed by atoms with Crippen molar-refractivity contribution in [3.63, 3.8) is 0 Å². The van der Waals surface area contributed by atoms with E-state index < -0.39 is 5.41 Å². The van der Waals surface area contributed by atoms with Crippen LogP contribution >= 0.6 is 0 Å². The van der Waals surface area contributed by atoms with Crippen LogP contribution in [0.25, 0.3) is 104 Å². The van der Waals surface area contributed by atoms with E-state index >= 15 is 0 Å². The van der Waals surface area contributed by atoms with Crippen molar-refractivity contribution in [2.45, 2.75) is 33.1 Å². The van der Waals surface area contributed by atoms with Crippen LogP contribution < -0.4 is 9.80 Å². The molecule has 0 saturated heterocycles. The van der Waals surface area contributed by atoms with Gasteiger partial charge in [-0.15, -0.1) is 0 Å². The smallest absolute Gasteiger partial charge is 0.159 e. The Hall–Kier alpha value is -11.6. The SMILES string of the molecule is Cc1ccc(N(c2ccc3c(c2)c2cc(N(c4ccc(C)cc4C)c4cccc5c4oc4c(C#N)cccc45)cc4c2n3-c2ccccc2C42c3ccc4ccccc4c3-c3c2ccc2ccccc32)c2cccc3c2oc2c(C#N)cccc23)c(C)c1. The van der Waals surface area contributed by atoms with Crippen LogP contribution in [0.2, 0.25) is 0 Å². The molecule has 1 aliphatic heterocycles. The molecular formula is C81H51N5O2. The van der Waals surface area contributed by atoms with Gasteiger partial charge in [0.1, 0.15) is 12.1 Å². The number of hydrogen-bond acceptors (Lipinski definition) is 6. The lowest BCUT2D eigenvalue weighted by molar-refractivity contribution is 0.667. The molecule has 4 heterocycles. The van der Waals surface area contributed by atoms with Crippen LogP contribution in [0, 0.1) is 50.4 Å². The molecular weight excluding hydrogens is 1070 g/mol. The molecule has 0 saturated carbocycles. The molecule has 13 aromatic carbocycles. The van der Waals surface area contributed by atoms with Gasteiger partial charge in [-0.05, 0) is 167 Å². The summed E-state index contributed by atoms with van der Waals surface area (Å²) in [5, 5.41) is 31.5. The summed E-state index contributed by atoms with van der Waals surface area (Å²) in [4.78, 5) is 4.74. The van der Waals surface area contributed by atoms with Gasteiger partial charge in [0, 0.05) is 55.1 Å². The molecule has 16 aromatic rings. The minimum Gasteiger partial charge on any atom is -0.452 e. The third kappa shape index (κ3) is 6.59. The van der Waals surface area contributed by atoms with Gasteiger partial charge in [-0.3, -0.25) is 0 Å². The van der Waals surface area contributed by atoms with E-state index in [0.29, 0.717) is 33.5 Å². The predicted octanol–water partition coefficient (Wildman–Crippen LogP) is 21.5. The number of fused-ring (bicyclic) bond motifs is 22. The summed E-state index contributed by atoms with van der Waals surface area (Å²) in [5.74, 6) is 0. The largest absolute Gasteiger partial charge is 0.452 e. The average molecular weight is 1130 g/mol. The number of hydrogen-bond donors (Lipinski definition) is 0. The Kier molecular flexibility index (Phi) is 10.3. The van der Waals surface area contributed by atoms with E-state index in [-0.39, 0.29) is 0 Å². The number of para-hydroxylation sites is 5. The maximum Gasteiger partial charge on any atom is 0.159 e. The molecule has 412 valence electrons. The number of aryl methyl sites for hydroxylation is 4. The molecule has 0 fully saturated rings. The number of benzene rings is 13. The lowest BCUT2D eigenvalue weighted by Crippen LogP contribution is -2.33. The lowest BCUT2D eigenvalue weighted by atomic mass is 9.65. The Bertz CT molecular complexity index is 5790. The first-order valence-electron chi connectivity index (χ1n) is 29.9. The standard InChI is InChI=1S/C81H51N5O2/c1-46-29-36-68(48(3)39-46)84(72-27-13-23-60-58-21-11-17-52(44-82)77(58)87-79(60)72)54-33-38-70-62(41-54)63-42-55(85(69-37-30-47(2)40-49(69)4)73-28-14-24-61-59-22-12-18-53(45-83)78(59)88-80(61)73)43-67-76(63)86(70)71-26-10-9-25-64(71)81(67)65-34-31-50-15-5-7-19-56(50)74(65)75-57-20-8-6-16-51(57)32-35-66(75)81/h5-43H,1-4H3. The third-order valence-corrected chi connectivity index (χ3v) is 19.1. The summed E-state index contributed by atoms with van der Waals surface area (Å²) in [6.45, 7) is 8.67. The van der Waals surface area contributed by atoms with Gasteiger partial charge in [0.2, 0.25) is 0 Å². The highest BCUT2D eigenvalue weighted by Gasteiger charge is 2.52. The Morgan fingerprint density at radius 3 is 1.41 bits per heavy atom. The quantitative estimate of drug-likeness (QED) is 0.165. The first kappa shape index (κ1) is 49.8. The van der Waals surface area contributed by atoms with Crippen LogP contribution in [-0.2, 0) is 5.41 Å². The van der Waals surface area contributed by atoms with Crippen LogP contribution in [-0.4, -0.2) is 4.57 Å². The minimum absolute atomic E-state index is 0.491. The number of aromatic nitrogens is 1. The molecule has 1 spiro atoms. The minimum atomic E-state index is -0.831. The van der Waals surface area contributed by atoms with Gasteiger partial charge in [0.15, 0.2) is 22.3 Å². The van der Waals surface area contributed by atoms with Crippen LogP contribution in [0.5, 0.6) is 0 Å². The second-order valence-corrected chi connectivity index (χ2v) is 24.0. The van der Waals surface area contributed by atoms with E-state index in [2.05, 4.69) is 260 Å². The zero-order valence-corrected chi connectivity index (χ0v) is 48.6. The first-order chi connectivity index (χ1) is 43.2. The molecule has 0 unspecified atom stereocenters. The summed E-state index contributed by atoms with van der Waals surface area (Å²) in [7, 11) is 0. The summed E-state index contributed by atoms with van der Waals surface area (Å²) in [6, 6.07) is 90.7. The van der Waals surface area contributed by atoms with Gasteiger partial charge < -0.3 is 23.2 Å². The van der Waals surface area contributed by atoms with Gasteiger partial charge >= 0.3 is 0 Å². The van der Waals surface area contributed by atoms with Crippen molar-refractivity contribution in [1.82, 2.24) is 4.57 Å². The number of nitrogens with zero attached hydrogens (tertiary/aromatic N) is 5. The summed E-state index contributed by atoms with van der Waals surface area (Å²) < 4.78 is 16.5. The highest BCUT2D eigenvalue weighted by Crippen LogP contribution is 2.64. The molecule has 7 nitrogen and oxygen atoms in total. The fourth-order valence-electron chi connectivity index (χ4n) is 15.6. The van der Waals surface area contributed by atoms with E-state index in [1.54, 1.807) is 0 Å². The zero-order valence-electron chi connectivity index (χ0n) is 48.6. The normalized spacial score (nSPS) is 12.8. The third-order valence-electron chi connectivity index (χ3n) is 19.1. The maximum atomic E-state index is 10.5. The predicted molar refractivity (Wildman–Crippen MR) is 359 cm³/mol. The lowest BCUT2D eigenvalue weighted by Gasteiger charge is -2.40. The van der Waals surface area contributed by atoms with Crippen LogP contribution in [0.15, 0.2) is 245 Å². The molecule has 18 rings (SSSR count). The highest BCUT2D eigenvalue weighted by atomic mass is 16.3. The van der Waals surface area contributed by atoms with Crippen molar-refractivity contribution in [3.05, 3.63) is 292 Å². The molecule has 3 aromatic heterocycles. The van der Waals surface area contributed by atoms with E-state index in [0.717, 1.165) is 105 Å². The average Bonchev–Trinajstić information content (AvgIpc) is 1.46. The molecule has 2 aliphatic rings. The monoisotopic (exact) mass is 1130 g/mol. The van der Waals surface area contributed by atoms with Crippen molar-refractivity contribution < 1.29 is 8.83 Å². The molecule has 0 amide bonds. The molecule has 7 heteroatoms. The Morgan fingerprint density at radius 1 is 0.364 bits per heavy atom. The van der Waals surface area contributed by atoms with Gasteiger partial charge in [0.25, 0.3) is 0 Å². The van der Waals surface area contributed by atoms with Crippen molar-refractivity contribution in [2.24, 2.45) is 0 Å². The Labute approximate surface area is 506 Å². The molecule has 0 bridgehead atoms. The summed E-state index contributed by atoms with van der Waals surface area (Å²) in [5.41, 5.74) is 23.5. The van der Waals surface area contributed by atoms with Crippen LogP contribution in [0.4, 0.5) is 34.1 Å². The summed E-state index contributed by atoms with van der Waals surface area (Å²) in [6.07, 6.45) is 0. The number of nitriles is 2. The van der Waals surface area contributed by atoms with E-state index in [9.17, 15) is 10.5 Å². The fraction of sp³-hybridized carbons (Fsp3) is 0.0617. The van der Waals surface area contributed by atoms with Gasteiger partial charge in [0.05, 0.1) is 44.6 Å². The van der Waals surface area contributed by atoms with Crippen LogP contribution in [0.1, 0.15) is 55.6 Å². The van der Waals surface area contributed by atoms with Crippen molar-refractivity contribution in [2.75, 3.05) is 9.80 Å². The van der Waals surface area contributed by atoms with E-state index in [1.165, 1.54) is 54.9 Å². The molecule has 0 radical (unpaired) electrons. The Balaban J connectivity index is 1.02. The van der Waals surface area contributed by atoms with Gasteiger partial charge in [-0.25, -0.2) is 0 Å². The van der Waals surface area contributed by atoms with Crippen LogP contribution in [0.3, 0.4) is 0 Å². The molecule has 0 N–H and O–H groups in total. The van der Waals surface area contributed by atoms with Crippen molar-refractivity contribution in [3.8, 4) is 29.0 Å². The molecule has 0 atom stereocenters. The number of anilines is 6. The molecule has 88 heavy (non-hydrogen) atoms. The fourth-order valence-corrected chi connectivity index (χ4v) is 15.6. The maximum absolute atomic E-state index is 10.5. The second-order valence-electron chi connectivity index (χ2n) is 24.0. The highest BCUT2D eigenvalue weighted by molar-refractivity contribution is 6.20. The van der Waals surface area contributed by atoms with E-state index in [1.807, 2.05) is 30.3 Å². The van der Waals surface area contributed by atoms with Crippen molar-refractivity contribution in [1.29, 1.82) is 10.5 Å². The number of rotatable bonds is 6. The van der Waals surface area contributed by atoms with Gasteiger partial charge in [-0.1, -0.05) is 175 Å². The number of furan rings is 2. The zero-order chi connectivity index (χ0) is 58.8. The van der Waals surface area contributed by atoms with E-state index in [4.69, 9.17) is 8.83 Å². The Morgan fingerprint density at radius 2 is 0.852 bits per heavy atom.